The molecule has 0 spiro atoms. The van der Waals surface area contributed by atoms with E-state index in [4.69, 9.17) is 0 Å². The van der Waals surface area contributed by atoms with Gasteiger partial charge in [0, 0.05) is 17.6 Å². The van der Waals surface area contributed by atoms with Crippen molar-refractivity contribution in [1.82, 2.24) is 16.0 Å². The second-order valence-corrected chi connectivity index (χ2v) is 49.4. The predicted molar refractivity (Wildman–Crippen MR) is 596 cm³/mol. The van der Waals surface area contributed by atoms with Crippen molar-refractivity contribution in [2.24, 2.45) is 143 Å². The van der Waals surface area contributed by atoms with Crippen molar-refractivity contribution in [3.05, 3.63) is 0 Å². The highest BCUT2D eigenvalue weighted by Crippen LogP contribution is 2.63. The predicted octanol–water partition coefficient (Wildman–Crippen LogP) is 43.0. The second-order valence-electron chi connectivity index (χ2n) is 49.4. The highest BCUT2D eigenvalue weighted by Gasteiger charge is 2.54. The van der Waals surface area contributed by atoms with Crippen LogP contribution in [0.3, 0.4) is 0 Å². The Bertz CT molecular complexity index is 1940. The molecule has 126 heavy (non-hydrogen) atoms. The molecule has 9 rings (SSSR count). The Morgan fingerprint density at radius 1 is 0.175 bits per heavy atom. The van der Waals surface area contributed by atoms with Crippen LogP contribution in [0.1, 0.15) is 619 Å². The van der Waals surface area contributed by atoms with E-state index in [-0.39, 0.29) is 0 Å². The lowest BCUT2D eigenvalue weighted by Gasteiger charge is -2.50. The third-order valence-electron chi connectivity index (χ3n) is 32.9. The summed E-state index contributed by atoms with van der Waals surface area (Å²) in [7, 11) is 0. The molecular formula is C123H267N3. The molecule has 3 N–H and O–H groups in total. The van der Waals surface area contributed by atoms with Gasteiger partial charge in [-0.1, -0.05) is 516 Å². The van der Waals surface area contributed by atoms with E-state index in [1.165, 1.54) is 257 Å². The highest BCUT2D eigenvalue weighted by molar-refractivity contribution is 5.04. The minimum absolute atomic E-state index is 0.444. The average Bonchev–Trinajstić information content (AvgIpc) is 1.59. The third-order valence-corrected chi connectivity index (χ3v) is 32.9. The van der Waals surface area contributed by atoms with Gasteiger partial charge < -0.3 is 16.0 Å². The Balaban J connectivity index is -0.000000169. The molecule has 0 aromatic heterocycles. The molecule has 0 bridgehead atoms. The number of hydrogen-bond acceptors (Lipinski definition) is 3. The van der Waals surface area contributed by atoms with Crippen molar-refractivity contribution < 1.29 is 0 Å². The van der Waals surface area contributed by atoms with Crippen LogP contribution in [0.25, 0.3) is 0 Å². The molecular weight excluding hydrogens is 1520 g/mol. The van der Waals surface area contributed by atoms with Crippen molar-refractivity contribution in [1.29, 1.82) is 0 Å². The Labute approximate surface area is 810 Å². The van der Waals surface area contributed by atoms with E-state index in [0.29, 0.717) is 49.0 Å². The Hall–Kier alpha value is -0.120. The lowest BCUT2D eigenvalue weighted by molar-refractivity contribution is 0.0133. The maximum absolute atomic E-state index is 3.67. The van der Waals surface area contributed by atoms with Gasteiger partial charge in [-0.2, -0.15) is 0 Å². The monoisotopic (exact) mass is 1790 g/mol. The van der Waals surface area contributed by atoms with Crippen LogP contribution in [-0.4, -0.2) is 37.3 Å². The molecule has 0 aromatic rings. The lowest BCUT2D eigenvalue weighted by Crippen LogP contribution is -2.63. The van der Waals surface area contributed by atoms with Crippen LogP contribution in [0, 0.1) is 143 Å². The van der Waals surface area contributed by atoms with Gasteiger partial charge in [0.2, 0.25) is 0 Å². The van der Waals surface area contributed by atoms with E-state index in [0.717, 1.165) is 106 Å². The molecule has 6 aliphatic carbocycles. The van der Waals surface area contributed by atoms with Crippen molar-refractivity contribution in [2.45, 2.75) is 630 Å². The van der Waals surface area contributed by atoms with Crippen molar-refractivity contribution in [3.8, 4) is 0 Å². The molecule has 0 atom stereocenters. The molecule has 0 unspecified atom stereocenters. The molecule has 0 amide bonds. The summed E-state index contributed by atoms with van der Waals surface area (Å²) in [6, 6.07) is 0. The Kier molecular flexibility index (Phi) is 88.8. The molecule has 3 aliphatic heterocycles. The van der Waals surface area contributed by atoms with Gasteiger partial charge in [-0.05, 0) is 266 Å². The van der Waals surface area contributed by atoms with Gasteiger partial charge in [0.25, 0.3) is 0 Å². The first-order valence-corrected chi connectivity index (χ1v) is 57.4. The fraction of sp³-hybridized carbons (Fsp3) is 1.00. The van der Waals surface area contributed by atoms with E-state index < -0.39 is 0 Å². The molecule has 0 aromatic carbocycles. The van der Waals surface area contributed by atoms with Crippen LogP contribution in [-0.2, 0) is 0 Å². The summed E-state index contributed by atoms with van der Waals surface area (Å²) in [5.41, 5.74) is 6.61. The topological polar surface area (TPSA) is 36.1 Å². The zero-order chi connectivity index (χ0) is 101. The minimum atomic E-state index is 0.444. The van der Waals surface area contributed by atoms with Crippen LogP contribution >= 0.6 is 0 Å². The number of hydrogen-bond donors (Lipinski definition) is 3. The first-order valence-electron chi connectivity index (χ1n) is 57.4. The highest BCUT2D eigenvalue weighted by atomic mass is 15.1. The van der Waals surface area contributed by atoms with Crippen LogP contribution in [0.2, 0.25) is 0 Å². The Morgan fingerprint density at radius 2 is 0.365 bits per heavy atom. The minimum Gasteiger partial charge on any atom is -0.316 e. The molecule has 774 valence electrons. The first-order chi connectivity index (χ1) is 58.2. The Morgan fingerprint density at radius 3 is 0.460 bits per heavy atom. The lowest BCUT2D eigenvalue weighted by atomic mass is 9.56. The molecule has 0 radical (unpaired) electrons. The second kappa shape index (κ2) is 77.9. The van der Waals surface area contributed by atoms with Crippen LogP contribution in [0.5, 0.6) is 0 Å². The molecule has 6 saturated carbocycles. The standard InChI is InChI=1S/C14H28.C12H24.C11H22.2C10H21N.3C10H20.C9H19N.9C3H8/c1-12(2)14(13(3,4)5)10-8-6-7-9-11-14;1-10(2)12(11(3)4)8-6-5-7-9-12;1-9(2)11(10(3)4)7-5-6-8-11;1-8(2)10(9(3)4)5-6-11-7-10;1-8(2)10(9(3)4)6-5-7-11-10;1-8(2)10(6-7-10)9(3,4)5;2*1-8(2)10(9(3)4)6-5-7-10;1-7(2)9(8(3)4)5-6-10-9;9*1-3-2/h12H,6-11H2,1-5H3;10-11H,5-9H2,1-4H3;9-10H,5-8H2,1-4H3;2*8-9,11H,5-7H2,1-4H3;8H,6-7H2,1-5H3;2*8-9H,5-7H2,1-4H3;7-8,10H,5-6H2,1-4H3;9*3H2,1-2H3. The summed E-state index contributed by atoms with van der Waals surface area (Å²) in [6.07, 6.45) is 50.4. The molecule has 3 saturated heterocycles. The van der Waals surface area contributed by atoms with Crippen LogP contribution in [0.4, 0.5) is 0 Å². The summed E-state index contributed by atoms with van der Waals surface area (Å²) in [6.45, 7) is 133. The quantitative estimate of drug-likeness (QED) is 0.135. The van der Waals surface area contributed by atoms with Gasteiger partial charge in [-0.25, -0.2) is 0 Å². The normalized spacial score (nSPS) is 19.7. The van der Waals surface area contributed by atoms with Crippen LogP contribution < -0.4 is 16.0 Å². The third kappa shape index (κ3) is 51.3. The van der Waals surface area contributed by atoms with E-state index >= 15 is 0 Å². The summed E-state index contributed by atoms with van der Waals surface area (Å²) >= 11 is 0. The number of nitrogens with one attached hydrogen (secondary N) is 3. The van der Waals surface area contributed by atoms with E-state index in [1.54, 1.807) is 0 Å². The summed E-state index contributed by atoms with van der Waals surface area (Å²) in [5, 5.41) is 10.7. The van der Waals surface area contributed by atoms with Gasteiger partial charge in [0.05, 0.1) is 0 Å². The van der Waals surface area contributed by atoms with Crippen LogP contribution in [0.15, 0.2) is 0 Å². The maximum atomic E-state index is 3.67. The largest absolute Gasteiger partial charge is 0.316 e. The summed E-state index contributed by atoms with van der Waals surface area (Å²) in [4.78, 5) is 0. The van der Waals surface area contributed by atoms with Gasteiger partial charge in [-0.3, -0.25) is 0 Å². The van der Waals surface area contributed by atoms with Gasteiger partial charge in [0.1, 0.15) is 0 Å². The van der Waals surface area contributed by atoms with Gasteiger partial charge in [-0.15, -0.1) is 0 Å². The van der Waals surface area contributed by atoms with E-state index in [1.807, 2.05) is 0 Å². The smallest absolute Gasteiger partial charge is 0.0239 e. The first kappa shape index (κ1) is 144. The van der Waals surface area contributed by atoms with E-state index in [2.05, 4.69) is 404 Å². The van der Waals surface area contributed by atoms with Crippen molar-refractivity contribution >= 4 is 0 Å². The van der Waals surface area contributed by atoms with Crippen molar-refractivity contribution in [3.63, 3.8) is 0 Å². The molecule has 9 aliphatic rings. The SMILES string of the molecule is CC(C)C1(C(C)(C)C)CC1.CC(C)C1(C(C)(C)C)CCCCCC1.CC(C)C1(C(C)C)CCC1.CC(C)C1(C(C)C)CCC1.CC(C)C1(C(C)C)CCCC1.CC(C)C1(C(C)C)CCCCC1.CC(C)C1(C(C)C)CCCN1.CC(C)C1(C(C)C)CCN1.CC(C)C1(C(C)C)CCNC1.CCC.CCC.CCC.CCC.CCC.CCC.CCC.CCC.CCC. The summed E-state index contributed by atoms with van der Waals surface area (Å²) in [5.74, 6) is 13.5. The fourth-order valence-corrected chi connectivity index (χ4v) is 23.5. The molecule has 3 heteroatoms. The van der Waals surface area contributed by atoms with E-state index in [9.17, 15) is 0 Å². The zero-order valence-electron chi connectivity index (χ0n) is 101. The fourth-order valence-electron chi connectivity index (χ4n) is 23.5. The molecule has 3 nitrogen and oxygen atoms in total. The van der Waals surface area contributed by atoms with Gasteiger partial charge in [0.15, 0.2) is 0 Å². The molecule has 9 fully saturated rings. The summed E-state index contributed by atoms with van der Waals surface area (Å²) < 4.78 is 0. The molecule has 3 heterocycles. The maximum Gasteiger partial charge on any atom is 0.0239 e. The average molecular weight is 1790 g/mol. The zero-order valence-corrected chi connectivity index (χ0v) is 101. The number of rotatable bonds is 16. The van der Waals surface area contributed by atoms with Crippen molar-refractivity contribution in [2.75, 3.05) is 26.2 Å². The van der Waals surface area contributed by atoms with Gasteiger partial charge >= 0.3 is 0 Å².